The molecule has 0 heterocycles. The van der Waals surface area contributed by atoms with Crippen molar-refractivity contribution in [2.75, 3.05) is 19.5 Å². The fraction of sp³-hybridized carbons (Fsp3) is 0.500. The van der Waals surface area contributed by atoms with Gasteiger partial charge in [-0.2, -0.15) is 12.6 Å². The molecule has 0 radical (unpaired) electrons. The Labute approximate surface area is 97.6 Å². The van der Waals surface area contributed by atoms with E-state index in [0.717, 1.165) is 24.8 Å². The van der Waals surface area contributed by atoms with Crippen LogP contribution >= 0.6 is 12.6 Å². The zero-order valence-corrected chi connectivity index (χ0v) is 10.6. The maximum Gasteiger partial charge on any atom is 0.122 e. The number of ether oxygens (including phenoxy) is 1. The summed E-state index contributed by atoms with van der Waals surface area (Å²) in [6.07, 6.45) is 0. The predicted octanol–water partition coefficient (Wildman–Crippen LogP) is 2.71. The van der Waals surface area contributed by atoms with Crippen LogP contribution in [0.25, 0.3) is 0 Å². The van der Waals surface area contributed by atoms with E-state index in [1.54, 1.807) is 0 Å². The van der Waals surface area contributed by atoms with Gasteiger partial charge in [-0.05, 0) is 38.1 Å². The summed E-state index contributed by atoms with van der Waals surface area (Å²) in [5, 5.41) is 0. The summed E-state index contributed by atoms with van der Waals surface area (Å²) in [4.78, 5) is 2.15. The molecule has 1 aromatic carbocycles. The smallest absolute Gasteiger partial charge is 0.122 e. The van der Waals surface area contributed by atoms with Gasteiger partial charge in [0.25, 0.3) is 0 Å². The van der Waals surface area contributed by atoms with Crippen LogP contribution in [0.2, 0.25) is 0 Å². The third-order valence-corrected chi connectivity index (χ3v) is 2.72. The van der Waals surface area contributed by atoms with Crippen LogP contribution in [0.5, 0.6) is 5.75 Å². The summed E-state index contributed by atoms with van der Waals surface area (Å²) in [5.41, 5.74) is 2.49. The van der Waals surface area contributed by atoms with E-state index in [1.165, 1.54) is 11.1 Å². The monoisotopic (exact) mass is 225 g/mol. The molecule has 0 N–H and O–H groups in total. The Morgan fingerprint density at radius 1 is 1.40 bits per heavy atom. The largest absolute Gasteiger partial charge is 0.494 e. The van der Waals surface area contributed by atoms with Crippen molar-refractivity contribution in [2.24, 2.45) is 0 Å². The van der Waals surface area contributed by atoms with Crippen LogP contribution in [0.3, 0.4) is 0 Å². The predicted molar refractivity (Wildman–Crippen MR) is 67.7 cm³/mol. The van der Waals surface area contributed by atoms with Gasteiger partial charge in [-0.25, -0.2) is 0 Å². The summed E-state index contributed by atoms with van der Waals surface area (Å²) in [7, 11) is 2.05. The second-order valence-electron chi connectivity index (χ2n) is 3.69. The highest BCUT2D eigenvalue weighted by atomic mass is 32.1. The standard InChI is InChI=1S/C12H19NOS/c1-4-14-12-6-5-11(7-10(12)2)8-13(3)9-15/h5-7,15H,4,8-9H2,1-3H3. The number of thiol groups is 1. The highest BCUT2D eigenvalue weighted by molar-refractivity contribution is 7.80. The number of benzene rings is 1. The first-order valence-electron chi connectivity index (χ1n) is 5.19. The molecule has 3 heteroatoms. The van der Waals surface area contributed by atoms with Crippen LogP contribution in [-0.4, -0.2) is 24.4 Å². The number of rotatable bonds is 5. The van der Waals surface area contributed by atoms with Crippen molar-refractivity contribution in [3.63, 3.8) is 0 Å². The summed E-state index contributed by atoms with van der Waals surface area (Å²) in [6, 6.07) is 6.32. The van der Waals surface area contributed by atoms with E-state index in [2.05, 4.69) is 43.6 Å². The normalized spacial score (nSPS) is 10.7. The molecule has 0 unspecified atom stereocenters. The summed E-state index contributed by atoms with van der Waals surface area (Å²) in [6.45, 7) is 5.73. The second kappa shape index (κ2) is 6.03. The van der Waals surface area contributed by atoms with Gasteiger partial charge in [0.1, 0.15) is 5.75 Å². The van der Waals surface area contributed by atoms with Gasteiger partial charge in [-0.3, -0.25) is 4.90 Å². The van der Waals surface area contributed by atoms with E-state index in [-0.39, 0.29) is 0 Å². The third kappa shape index (κ3) is 3.76. The van der Waals surface area contributed by atoms with Gasteiger partial charge in [-0.1, -0.05) is 12.1 Å². The molecule has 0 aliphatic carbocycles. The first-order valence-corrected chi connectivity index (χ1v) is 5.82. The molecule has 84 valence electrons. The Balaban J connectivity index is 2.73. The van der Waals surface area contributed by atoms with Gasteiger partial charge in [-0.15, -0.1) is 0 Å². The molecule has 0 bridgehead atoms. The Morgan fingerprint density at radius 2 is 2.13 bits per heavy atom. The first-order chi connectivity index (χ1) is 7.17. The Bertz CT molecular complexity index is 314. The lowest BCUT2D eigenvalue weighted by molar-refractivity contribution is 0.337. The van der Waals surface area contributed by atoms with Crippen LogP contribution in [0.15, 0.2) is 18.2 Å². The SMILES string of the molecule is CCOc1ccc(CN(C)CS)cc1C. The number of hydrogen-bond donors (Lipinski definition) is 1. The van der Waals surface area contributed by atoms with Crippen molar-refractivity contribution in [2.45, 2.75) is 20.4 Å². The van der Waals surface area contributed by atoms with Crippen molar-refractivity contribution >= 4 is 12.6 Å². The van der Waals surface area contributed by atoms with Gasteiger partial charge in [0.2, 0.25) is 0 Å². The van der Waals surface area contributed by atoms with Gasteiger partial charge in [0.05, 0.1) is 6.61 Å². The zero-order chi connectivity index (χ0) is 11.3. The van der Waals surface area contributed by atoms with Crippen LogP contribution in [0.4, 0.5) is 0 Å². The van der Waals surface area contributed by atoms with Gasteiger partial charge < -0.3 is 4.74 Å². The lowest BCUT2D eigenvalue weighted by Crippen LogP contribution is -2.15. The van der Waals surface area contributed by atoms with E-state index < -0.39 is 0 Å². The molecule has 0 fully saturated rings. The Morgan fingerprint density at radius 3 is 2.67 bits per heavy atom. The average molecular weight is 225 g/mol. The molecule has 0 aromatic heterocycles. The van der Waals surface area contributed by atoms with E-state index in [9.17, 15) is 0 Å². The van der Waals surface area contributed by atoms with Crippen LogP contribution in [-0.2, 0) is 6.54 Å². The maximum absolute atomic E-state index is 5.49. The highest BCUT2D eigenvalue weighted by Crippen LogP contribution is 2.19. The van der Waals surface area contributed by atoms with Gasteiger partial charge in [0.15, 0.2) is 0 Å². The Hall–Kier alpha value is -0.670. The van der Waals surface area contributed by atoms with E-state index in [0.29, 0.717) is 0 Å². The molecule has 0 saturated heterocycles. The third-order valence-electron chi connectivity index (χ3n) is 2.23. The zero-order valence-electron chi connectivity index (χ0n) is 9.66. The minimum absolute atomic E-state index is 0.719. The van der Waals surface area contributed by atoms with E-state index in [4.69, 9.17) is 4.74 Å². The molecule has 2 nitrogen and oxygen atoms in total. The lowest BCUT2D eigenvalue weighted by atomic mass is 10.1. The molecule has 0 amide bonds. The fourth-order valence-electron chi connectivity index (χ4n) is 1.49. The van der Waals surface area contributed by atoms with Gasteiger partial charge >= 0.3 is 0 Å². The average Bonchev–Trinajstić information content (AvgIpc) is 2.22. The van der Waals surface area contributed by atoms with E-state index in [1.807, 2.05) is 13.0 Å². The summed E-state index contributed by atoms with van der Waals surface area (Å²) >= 11 is 4.23. The topological polar surface area (TPSA) is 12.5 Å². The van der Waals surface area contributed by atoms with Crippen LogP contribution in [0.1, 0.15) is 18.1 Å². The molecule has 0 saturated carbocycles. The number of hydrogen-bond acceptors (Lipinski definition) is 3. The number of nitrogens with zero attached hydrogens (tertiary/aromatic N) is 1. The summed E-state index contributed by atoms with van der Waals surface area (Å²) in [5.74, 6) is 1.75. The van der Waals surface area contributed by atoms with Crippen LogP contribution in [0, 0.1) is 6.92 Å². The highest BCUT2D eigenvalue weighted by Gasteiger charge is 2.02. The van der Waals surface area contributed by atoms with Crippen molar-refractivity contribution in [3.8, 4) is 5.75 Å². The van der Waals surface area contributed by atoms with Crippen LogP contribution < -0.4 is 4.74 Å². The van der Waals surface area contributed by atoms with Gasteiger partial charge in [0, 0.05) is 12.4 Å². The molecule has 15 heavy (non-hydrogen) atoms. The summed E-state index contributed by atoms with van der Waals surface area (Å²) < 4.78 is 5.49. The van der Waals surface area contributed by atoms with Crippen molar-refractivity contribution in [1.29, 1.82) is 0 Å². The molecule has 1 aromatic rings. The van der Waals surface area contributed by atoms with Crippen molar-refractivity contribution in [1.82, 2.24) is 4.90 Å². The first kappa shape index (κ1) is 12.4. The second-order valence-corrected chi connectivity index (χ2v) is 3.97. The molecule has 0 aliphatic rings. The molecule has 1 rings (SSSR count). The molecular formula is C12H19NOS. The fourth-order valence-corrected chi connectivity index (χ4v) is 1.59. The quantitative estimate of drug-likeness (QED) is 0.611. The molecule has 0 atom stereocenters. The Kier molecular flexibility index (Phi) is 4.99. The van der Waals surface area contributed by atoms with E-state index >= 15 is 0 Å². The molecule has 0 aliphatic heterocycles. The number of aryl methyl sites for hydroxylation is 1. The molecular weight excluding hydrogens is 206 g/mol. The van der Waals surface area contributed by atoms with Crippen molar-refractivity contribution < 1.29 is 4.74 Å². The lowest BCUT2D eigenvalue weighted by Gasteiger charge is -2.14. The minimum Gasteiger partial charge on any atom is -0.494 e. The minimum atomic E-state index is 0.719. The maximum atomic E-state index is 5.49. The molecule has 0 spiro atoms. The van der Waals surface area contributed by atoms with Crippen molar-refractivity contribution in [3.05, 3.63) is 29.3 Å².